The molecule has 22 heavy (non-hydrogen) atoms. The Balaban J connectivity index is 0.00000144. The van der Waals surface area contributed by atoms with Crippen molar-refractivity contribution in [2.75, 3.05) is 17.2 Å². The van der Waals surface area contributed by atoms with Gasteiger partial charge in [0.15, 0.2) is 0 Å². The summed E-state index contributed by atoms with van der Waals surface area (Å²) in [5, 5.41) is 1.70. The minimum atomic E-state index is 0. The van der Waals surface area contributed by atoms with Gasteiger partial charge in [0.05, 0.1) is 5.52 Å². The third kappa shape index (κ3) is 2.34. The van der Waals surface area contributed by atoms with Crippen molar-refractivity contribution in [3.05, 3.63) is 53.3 Å². The number of nitrogen functional groups attached to an aromatic ring is 1. The van der Waals surface area contributed by atoms with Crippen LogP contribution in [-0.2, 0) is 6.42 Å². The zero-order valence-corrected chi connectivity index (χ0v) is 13.2. The molecule has 1 aliphatic heterocycles. The van der Waals surface area contributed by atoms with E-state index < -0.39 is 0 Å². The SMILES string of the molecule is Cl.Nc1ccc2ncnc(N3CCc4ccc(Cl)cc43)c2c1. The molecule has 1 aliphatic rings. The fraction of sp³-hybridized carbons (Fsp3) is 0.125. The number of nitrogens with zero attached hydrogens (tertiary/aromatic N) is 3. The summed E-state index contributed by atoms with van der Waals surface area (Å²) in [7, 11) is 0. The molecule has 0 bridgehead atoms. The molecule has 0 spiro atoms. The maximum Gasteiger partial charge on any atom is 0.144 e. The number of aromatic nitrogens is 2. The third-order valence-corrected chi connectivity index (χ3v) is 4.07. The lowest BCUT2D eigenvalue weighted by atomic mass is 10.1. The minimum absolute atomic E-state index is 0. The van der Waals surface area contributed by atoms with Crippen molar-refractivity contribution in [2.45, 2.75) is 6.42 Å². The Morgan fingerprint density at radius 1 is 1.09 bits per heavy atom. The maximum atomic E-state index is 6.14. The lowest BCUT2D eigenvalue weighted by Crippen LogP contribution is -2.15. The summed E-state index contributed by atoms with van der Waals surface area (Å²) in [5.74, 6) is 0.883. The monoisotopic (exact) mass is 332 g/mol. The molecule has 0 atom stereocenters. The third-order valence-electron chi connectivity index (χ3n) is 3.84. The van der Waals surface area contributed by atoms with Gasteiger partial charge in [0.25, 0.3) is 0 Å². The summed E-state index contributed by atoms with van der Waals surface area (Å²) in [6.45, 7) is 0.886. The quantitative estimate of drug-likeness (QED) is 0.685. The van der Waals surface area contributed by atoms with Gasteiger partial charge < -0.3 is 10.6 Å². The van der Waals surface area contributed by atoms with E-state index in [-0.39, 0.29) is 12.4 Å². The second-order valence-electron chi connectivity index (χ2n) is 5.15. The standard InChI is InChI=1S/C16H13ClN4.ClH/c17-11-2-1-10-5-6-21(15(10)7-11)16-13-8-12(18)3-4-14(13)19-9-20-16;/h1-4,7-9H,5-6,18H2;1H. The predicted molar refractivity (Wildman–Crippen MR) is 93.4 cm³/mol. The average molecular weight is 333 g/mol. The molecule has 0 amide bonds. The van der Waals surface area contributed by atoms with Gasteiger partial charge in [-0.05, 0) is 42.3 Å². The molecule has 2 aromatic carbocycles. The van der Waals surface area contributed by atoms with Gasteiger partial charge in [-0.2, -0.15) is 0 Å². The van der Waals surface area contributed by atoms with E-state index in [0.29, 0.717) is 5.69 Å². The van der Waals surface area contributed by atoms with Crippen molar-refractivity contribution >= 4 is 52.1 Å². The Morgan fingerprint density at radius 3 is 2.82 bits per heavy atom. The molecule has 0 aliphatic carbocycles. The molecule has 0 fully saturated rings. The summed E-state index contributed by atoms with van der Waals surface area (Å²) < 4.78 is 0. The van der Waals surface area contributed by atoms with E-state index in [0.717, 1.165) is 40.4 Å². The highest BCUT2D eigenvalue weighted by molar-refractivity contribution is 6.31. The first-order valence-corrected chi connectivity index (χ1v) is 7.16. The number of fused-ring (bicyclic) bond motifs is 2. The Labute approximate surface area is 139 Å². The smallest absolute Gasteiger partial charge is 0.144 e. The second-order valence-corrected chi connectivity index (χ2v) is 5.58. The summed E-state index contributed by atoms with van der Waals surface area (Å²) in [4.78, 5) is 11.0. The lowest BCUT2D eigenvalue weighted by Gasteiger charge is -2.20. The van der Waals surface area contributed by atoms with Crippen LogP contribution in [0.2, 0.25) is 5.02 Å². The molecule has 0 saturated heterocycles. The van der Waals surface area contributed by atoms with Gasteiger partial charge in [-0.15, -0.1) is 12.4 Å². The summed E-state index contributed by atoms with van der Waals surface area (Å²) >= 11 is 6.14. The molecule has 4 rings (SSSR count). The van der Waals surface area contributed by atoms with E-state index in [2.05, 4.69) is 20.9 Å². The number of hydrogen-bond acceptors (Lipinski definition) is 4. The Kier molecular flexibility index (Phi) is 3.81. The Hall–Kier alpha value is -2.04. The number of nitrogens with two attached hydrogens (primary N) is 1. The van der Waals surface area contributed by atoms with Crippen LogP contribution in [0, 0.1) is 0 Å². The van der Waals surface area contributed by atoms with E-state index in [4.69, 9.17) is 17.3 Å². The maximum absolute atomic E-state index is 6.14. The average Bonchev–Trinajstić information content (AvgIpc) is 2.89. The van der Waals surface area contributed by atoms with Crippen LogP contribution in [-0.4, -0.2) is 16.5 Å². The first-order valence-electron chi connectivity index (χ1n) is 6.78. The van der Waals surface area contributed by atoms with E-state index in [1.807, 2.05) is 30.3 Å². The summed E-state index contributed by atoms with van der Waals surface area (Å²) in [5.41, 5.74) is 9.92. The van der Waals surface area contributed by atoms with Crippen LogP contribution in [0.3, 0.4) is 0 Å². The molecule has 2 heterocycles. The molecule has 1 aromatic heterocycles. The molecule has 0 unspecified atom stereocenters. The van der Waals surface area contributed by atoms with Crippen LogP contribution in [0.1, 0.15) is 5.56 Å². The van der Waals surface area contributed by atoms with Crippen LogP contribution in [0.15, 0.2) is 42.7 Å². The fourth-order valence-electron chi connectivity index (χ4n) is 2.85. The number of anilines is 3. The van der Waals surface area contributed by atoms with Crippen LogP contribution in [0.25, 0.3) is 10.9 Å². The highest BCUT2D eigenvalue weighted by Gasteiger charge is 2.23. The van der Waals surface area contributed by atoms with Gasteiger partial charge in [0, 0.05) is 28.3 Å². The van der Waals surface area contributed by atoms with Gasteiger partial charge in [-0.1, -0.05) is 17.7 Å². The first kappa shape index (κ1) is 14.9. The first-order chi connectivity index (χ1) is 10.2. The molecule has 3 aromatic rings. The van der Waals surface area contributed by atoms with Crippen molar-refractivity contribution in [2.24, 2.45) is 0 Å². The number of hydrogen-bond donors (Lipinski definition) is 1. The van der Waals surface area contributed by atoms with E-state index in [1.165, 1.54) is 5.56 Å². The molecular formula is C16H14Cl2N4. The molecular weight excluding hydrogens is 319 g/mol. The van der Waals surface area contributed by atoms with Crippen molar-refractivity contribution in [1.29, 1.82) is 0 Å². The molecule has 2 N–H and O–H groups in total. The highest BCUT2D eigenvalue weighted by Crippen LogP contribution is 2.38. The van der Waals surface area contributed by atoms with Crippen LogP contribution in [0.5, 0.6) is 0 Å². The largest absolute Gasteiger partial charge is 0.399 e. The van der Waals surface area contributed by atoms with Crippen molar-refractivity contribution in [3.8, 4) is 0 Å². The van der Waals surface area contributed by atoms with Gasteiger partial charge >= 0.3 is 0 Å². The van der Waals surface area contributed by atoms with Crippen LogP contribution >= 0.6 is 24.0 Å². The Bertz CT molecular complexity index is 851. The predicted octanol–water partition coefficient (Wildman–Crippen LogP) is 3.98. The second kappa shape index (κ2) is 5.63. The number of rotatable bonds is 1. The molecule has 112 valence electrons. The summed E-state index contributed by atoms with van der Waals surface area (Å²) in [6, 6.07) is 11.7. The van der Waals surface area contributed by atoms with Gasteiger partial charge in [-0.3, -0.25) is 0 Å². The van der Waals surface area contributed by atoms with E-state index in [9.17, 15) is 0 Å². The van der Waals surface area contributed by atoms with Gasteiger partial charge in [0.1, 0.15) is 12.1 Å². The van der Waals surface area contributed by atoms with Crippen molar-refractivity contribution < 1.29 is 0 Å². The molecule has 6 heteroatoms. The lowest BCUT2D eigenvalue weighted by molar-refractivity contribution is 0.975. The van der Waals surface area contributed by atoms with Crippen LogP contribution < -0.4 is 10.6 Å². The van der Waals surface area contributed by atoms with Crippen molar-refractivity contribution in [1.82, 2.24) is 9.97 Å². The number of halogens is 2. The Morgan fingerprint density at radius 2 is 1.95 bits per heavy atom. The normalized spacial score (nSPS) is 13.0. The zero-order chi connectivity index (χ0) is 14.4. The molecule has 4 nitrogen and oxygen atoms in total. The topological polar surface area (TPSA) is 55.0 Å². The zero-order valence-electron chi connectivity index (χ0n) is 11.7. The molecule has 0 radical (unpaired) electrons. The molecule has 0 saturated carbocycles. The summed E-state index contributed by atoms with van der Waals surface area (Å²) in [6.07, 6.45) is 2.58. The van der Waals surface area contributed by atoms with Crippen LogP contribution in [0.4, 0.5) is 17.2 Å². The minimum Gasteiger partial charge on any atom is -0.399 e. The van der Waals surface area contributed by atoms with Gasteiger partial charge in [-0.25, -0.2) is 9.97 Å². The van der Waals surface area contributed by atoms with Gasteiger partial charge in [0.2, 0.25) is 0 Å². The fourth-order valence-corrected chi connectivity index (χ4v) is 3.01. The highest BCUT2D eigenvalue weighted by atomic mass is 35.5. The van der Waals surface area contributed by atoms with Crippen molar-refractivity contribution in [3.63, 3.8) is 0 Å². The van der Waals surface area contributed by atoms with E-state index >= 15 is 0 Å². The number of benzene rings is 2. The van der Waals surface area contributed by atoms with E-state index in [1.54, 1.807) is 6.33 Å².